The minimum Gasteiger partial charge on any atom is -0.367 e. The number of likely N-dealkylation sites (N-methyl/N-ethyl adjacent to an activating group) is 1. The molecule has 1 aliphatic rings. The van der Waals surface area contributed by atoms with Crippen LogP contribution in [0.2, 0.25) is 0 Å². The number of nitrogens with zero attached hydrogens (tertiary/aromatic N) is 1. The smallest absolute Gasteiger partial charge is 0.251 e. The number of benzene rings is 1. The second kappa shape index (κ2) is 6.05. The van der Waals surface area contributed by atoms with E-state index in [1.165, 1.54) is 5.56 Å². The number of carbonyl (C=O) groups is 2. The largest absolute Gasteiger partial charge is 0.367 e. The molecule has 5 nitrogen and oxygen atoms in total. The van der Waals surface area contributed by atoms with Crippen LogP contribution in [0.3, 0.4) is 0 Å². The summed E-state index contributed by atoms with van der Waals surface area (Å²) >= 11 is 0. The summed E-state index contributed by atoms with van der Waals surface area (Å²) < 4.78 is 5.40. The summed E-state index contributed by atoms with van der Waals surface area (Å²) in [7, 11) is 1.74. The van der Waals surface area contributed by atoms with Crippen molar-refractivity contribution in [2.45, 2.75) is 38.5 Å². The fraction of sp³-hybridized carbons (Fsp3) is 0.467. The first kappa shape index (κ1) is 14.5. The number of ether oxygens (including phenoxy) is 1. The number of primary amides is 1. The molecule has 1 aromatic rings. The normalized spacial score (nSPS) is 21.7. The number of hydrogen-bond donors (Lipinski definition) is 1. The van der Waals surface area contributed by atoms with Crippen molar-refractivity contribution in [3.05, 3.63) is 35.4 Å². The summed E-state index contributed by atoms with van der Waals surface area (Å²) in [6.07, 6.45) is -0.117. The third-order valence-electron chi connectivity index (χ3n) is 3.53. The Kier molecular flexibility index (Phi) is 4.39. The molecule has 0 saturated carbocycles. The predicted molar refractivity (Wildman–Crippen MR) is 74.7 cm³/mol. The van der Waals surface area contributed by atoms with E-state index < -0.39 is 18.1 Å². The van der Waals surface area contributed by atoms with E-state index in [0.29, 0.717) is 19.4 Å². The van der Waals surface area contributed by atoms with Gasteiger partial charge in [0.15, 0.2) is 0 Å². The van der Waals surface area contributed by atoms with Crippen molar-refractivity contribution in [1.29, 1.82) is 0 Å². The van der Waals surface area contributed by atoms with Crippen LogP contribution in [0.1, 0.15) is 24.0 Å². The number of carbonyl (C=O) groups excluding carboxylic acids is 2. The number of hydrogen-bond acceptors (Lipinski definition) is 3. The average molecular weight is 276 g/mol. The highest BCUT2D eigenvalue weighted by Gasteiger charge is 2.35. The Morgan fingerprint density at radius 2 is 1.85 bits per heavy atom. The third kappa shape index (κ3) is 3.36. The van der Waals surface area contributed by atoms with Gasteiger partial charge in [-0.2, -0.15) is 0 Å². The second-order valence-corrected chi connectivity index (χ2v) is 5.27. The molecule has 1 heterocycles. The summed E-state index contributed by atoms with van der Waals surface area (Å²) in [5.41, 5.74) is 7.44. The summed E-state index contributed by atoms with van der Waals surface area (Å²) in [5, 5.41) is 0. The van der Waals surface area contributed by atoms with Crippen molar-refractivity contribution in [2.75, 3.05) is 7.05 Å². The van der Waals surface area contributed by atoms with Gasteiger partial charge < -0.3 is 15.4 Å². The lowest BCUT2D eigenvalue weighted by molar-refractivity contribution is -0.145. The van der Waals surface area contributed by atoms with Gasteiger partial charge in [-0.3, -0.25) is 9.59 Å². The highest BCUT2D eigenvalue weighted by atomic mass is 16.5. The number of aryl methyl sites for hydroxylation is 1. The van der Waals surface area contributed by atoms with Crippen molar-refractivity contribution < 1.29 is 14.3 Å². The van der Waals surface area contributed by atoms with Crippen molar-refractivity contribution in [3.63, 3.8) is 0 Å². The Morgan fingerprint density at radius 3 is 2.40 bits per heavy atom. The zero-order valence-corrected chi connectivity index (χ0v) is 11.8. The van der Waals surface area contributed by atoms with Crippen LogP contribution in [0.25, 0.3) is 0 Å². The molecule has 0 bridgehead atoms. The van der Waals surface area contributed by atoms with Crippen LogP contribution in [0, 0.1) is 6.92 Å². The van der Waals surface area contributed by atoms with Crippen LogP contribution in [-0.2, 0) is 20.9 Å². The molecule has 0 unspecified atom stereocenters. The lowest BCUT2D eigenvalue weighted by Gasteiger charge is -2.21. The van der Waals surface area contributed by atoms with Gasteiger partial charge in [0, 0.05) is 13.6 Å². The Hall–Kier alpha value is -1.88. The molecule has 5 heteroatoms. The molecule has 20 heavy (non-hydrogen) atoms. The lowest BCUT2D eigenvalue weighted by atomic mass is 10.1. The van der Waals surface area contributed by atoms with Gasteiger partial charge in [-0.05, 0) is 25.3 Å². The highest BCUT2D eigenvalue weighted by molar-refractivity contribution is 5.84. The van der Waals surface area contributed by atoms with Gasteiger partial charge in [0.25, 0.3) is 5.91 Å². The standard InChI is InChI=1S/C15H20N2O3/c1-10-3-5-11(6-4-10)9-17(2)15(19)13-8-7-12(20-13)14(16)18/h3-6,12-13H,7-9H2,1-2H3,(H2,16,18)/t12-,13-/m1/s1. The second-order valence-electron chi connectivity index (χ2n) is 5.27. The molecule has 2 amide bonds. The number of rotatable bonds is 4. The van der Waals surface area contributed by atoms with Crippen molar-refractivity contribution in [2.24, 2.45) is 5.73 Å². The third-order valence-corrected chi connectivity index (χ3v) is 3.53. The molecular formula is C15H20N2O3. The minimum absolute atomic E-state index is 0.102. The van der Waals surface area contributed by atoms with Crippen LogP contribution in [0.5, 0.6) is 0 Å². The molecule has 108 valence electrons. The van der Waals surface area contributed by atoms with E-state index in [1.807, 2.05) is 31.2 Å². The van der Waals surface area contributed by atoms with E-state index in [2.05, 4.69) is 0 Å². The molecule has 2 rings (SSSR count). The molecule has 2 N–H and O–H groups in total. The molecular weight excluding hydrogens is 256 g/mol. The van der Waals surface area contributed by atoms with Crippen LogP contribution in [0.4, 0.5) is 0 Å². The lowest BCUT2D eigenvalue weighted by Crippen LogP contribution is -2.37. The van der Waals surface area contributed by atoms with E-state index in [4.69, 9.17) is 10.5 Å². The maximum atomic E-state index is 12.2. The minimum atomic E-state index is -0.628. The predicted octanol–water partition coefficient (Wildman–Crippen LogP) is 0.986. The molecule has 2 atom stereocenters. The number of nitrogens with two attached hydrogens (primary N) is 1. The van der Waals surface area contributed by atoms with Gasteiger partial charge >= 0.3 is 0 Å². The Balaban J connectivity index is 1.92. The molecule has 1 aliphatic heterocycles. The number of amides is 2. The summed E-state index contributed by atoms with van der Waals surface area (Å²) in [6.45, 7) is 2.55. The van der Waals surface area contributed by atoms with Crippen molar-refractivity contribution in [3.8, 4) is 0 Å². The monoisotopic (exact) mass is 276 g/mol. The van der Waals surface area contributed by atoms with Crippen LogP contribution in [-0.4, -0.2) is 36.0 Å². The zero-order chi connectivity index (χ0) is 14.7. The Bertz CT molecular complexity index is 498. The van der Waals surface area contributed by atoms with Gasteiger partial charge in [-0.1, -0.05) is 29.8 Å². The zero-order valence-electron chi connectivity index (χ0n) is 11.8. The Morgan fingerprint density at radius 1 is 1.25 bits per heavy atom. The average Bonchev–Trinajstić information content (AvgIpc) is 2.90. The molecule has 1 aromatic carbocycles. The van der Waals surface area contributed by atoms with E-state index >= 15 is 0 Å². The topological polar surface area (TPSA) is 72.6 Å². The van der Waals surface area contributed by atoms with E-state index in [9.17, 15) is 9.59 Å². The van der Waals surface area contributed by atoms with Gasteiger partial charge in [0.05, 0.1) is 0 Å². The highest BCUT2D eigenvalue weighted by Crippen LogP contribution is 2.21. The molecule has 0 aliphatic carbocycles. The first-order valence-corrected chi connectivity index (χ1v) is 6.72. The molecule has 1 saturated heterocycles. The van der Waals surface area contributed by atoms with Crippen molar-refractivity contribution >= 4 is 11.8 Å². The van der Waals surface area contributed by atoms with E-state index in [1.54, 1.807) is 11.9 Å². The van der Waals surface area contributed by atoms with Crippen LogP contribution in [0.15, 0.2) is 24.3 Å². The first-order chi connectivity index (χ1) is 9.47. The maximum Gasteiger partial charge on any atom is 0.251 e. The maximum absolute atomic E-state index is 12.2. The molecule has 1 fully saturated rings. The van der Waals surface area contributed by atoms with Gasteiger partial charge in [-0.25, -0.2) is 0 Å². The summed E-state index contributed by atoms with van der Waals surface area (Å²) in [5.74, 6) is -0.601. The summed E-state index contributed by atoms with van der Waals surface area (Å²) in [4.78, 5) is 24.9. The fourth-order valence-electron chi connectivity index (χ4n) is 2.32. The molecule has 0 aromatic heterocycles. The molecule has 0 radical (unpaired) electrons. The van der Waals surface area contributed by atoms with Crippen LogP contribution < -0.4 is 5.73 Å². The van der Waals surface area contributed by atoms with Gasteiger partial charge in [0.1, 0.15) is 12.2 Å². The van der Waals surface area contributed by atoms with Gasteiger partial charge in [-0.15, -0.1) is 0 Å². The Labute approximate surface area is 118 Å². The fourth-order valence-corrected chi connectivity index (χ4v) is 2.32. The van der Waals surface area contributed by atoms with Gasteiger partial charge in [0.2, 0.25) is 5.91 Å². The quantitative estimate of drug-likeness (QED) is 0.891. The first-order valence-electron chi connectivity index (χ1n) is 6.72. The summed E-state index contributed by atoms with van der Waals surface area (Å²) in [6, 6.07) is 8.04. The van der Waals surface area contributed by atoms with Crippen LogP contribution >= 0.6 is 0 Å². The van der Waals surface area contributed by atoms with E-state index in [0.717, 1.165) is 5.56 Å². The van der Waals surface area contributed by atoms with E-state index in [-0.39, 0.29) is 5.91 Å². The van der Waals surface area contributed by atoms with Crippen molar-refractivity contribution in [1.82, 2.24) is 4.90 Å². The SMILES string of the molecule is Cc1ccc(CN(C)C(=O)[C@H]2CC[C@H](C(N)=O)O2)cc1. The molecule has 0 spiro atoms.